The maximum absolute atomic E-state index is 13.4. The van der Waals surface area contributed by atoms with E-state index < -0.39 is 0 Å². The van der Waals surface area contributed by atoms with Gasteiger partial charge in [-0.05, 0) is 41.3 Å². The van der Waals surface area contributed by atoms with Crippen LogP contribution in [-0.4, -0.2) is 11.0 Å². The first-order valence-corrected chi connectivity index (χ1v) is 5.86. The van der Waals surface area contributed by atoms with Gasteiger partial charge in [0, 0.05) is 16.7 Å². The van der Waals surface area contributed by atoms with Crippen LogP contribution in [0.3, 0.4) is 0 Å². The molecule has 2 nitrogen and oxygen atoms in total. The van der Waals surface area contributed by atoms with Crippen molar-refractivity contribution in [3.8, 4) is 0 Å². The molecule has 1 heterocycles. The largest absolute Gasteiger partial charge is 0.365 e. The molecule has 1 aromatic heterocycles. The molecule has 0 bridgehead atoms. The van der Waals surface area contributed by atoms with Crippen LogP contribution in [0.4, 0.5) is 10.2 Å². The summed E-state index contributed by atoms with van der Waals surface area (Å²) < 4.78 is 14.0. The first kappa shape index (κ1) is 12.4. The Hall–Kier alpha value is -0.640. The summed E-state index contributed by atoms with van der Waals surface area (Å²) >= 11 is 3.17. The zero-order chi connectivity index (χ0) is 11.4. The molecule has 0 aliphatic rings. The minimum absolute atomic E-state index is 0.230. The number of halogens is 2. The summed E-state index contributed by atoms with van der Waals surface area (Å²) in [6.45, 7) is 6.32. The van der Waals surface area contributed by atoms with E-state index in [1.54, 1.807) is 6.20 Å². The van der Waals surface area contributed by atoms with Crippen LogP contribution in [0.25, 0.3) is 0 Å². The number of nitrogens with one attached hydrogen (secondary N) is 1. The van der Waals surface area contributed by atoms with Gasteiger partial charge in [0.2, 0.25) is 0 Å². The van der Waals surface area contributed by atoms with Gasteiger partial charge in [0.05, 0.1) is 0 Å². The second kappa shape index (κ2) is 5.45. The van der Waals surface area contributed by atoms with Crippen molar-refractivity contribution in [2.45, 2.75) is 33.2 Å². The molecule has 15 heavy (non-hydrogen) atoms. The highest BCUT2D eigenvalue weighted by Crippen LogP contribution is 2.18. The third kappa shape index (κ3) is 4.16. The van der Waals surface area contributed by atoms with E-state index in [1.165, 1.54) is 6.07 Å². The van der Waals surface area contributed by atoms with Crippen molar-refractivity contribution < 1.29 is 4.39 Å². The normalized spacial score (nSPS) is 12.9. The molecule has 0 aliphatic heterocycles. The first-order chi connectivity index (χ1) is 6.99. The Kier molecular flexibility index (Phi) is 4.51. The maximum atomic E-state index is 13.4. The minimum Gasteiger partial charge on any atom is -0.365 e. The summed E-state index contributed by atoms with van der Waals surface area (Å²) in [6, 6.07) is 1.64. The average Bonchev–Trinajstić information content (AvgIpc) is 2.08. The van der Waals surface area contributed by atoms with E-state index in [0.717, 1.165) is 6.42 Å². The summed E-state index contributed by atoms with van der Waals surface area (Å²) in [4.78, 5) is 3.99. The van der Waals surface area contributed by atoms with Gasteiger partial charge in [0.1, 0.15) is 0 Å². The number of pyridine rings is 1. The van der Waals surface area contributed by atoms with Crippen LogP contribution in [0, 0.1) is 11.7 Å². The molecular weight excluding hydrogens is 259 g/mol. The topological polar surface area (TPSA) is 24.9 Å². The van der Waals surface area contributed by atoms with Crippen molar-refractivity contribution in [3.63, 3.8) is 0 Å². The first-order valence-electron chi connectivity index (χ1n) is 5.06. The van der Waals surface area contributed by atoms with E-state index in [4.69, 9.17) is 0 Å². The molecule has 1 unspecified atom stereocenters. The van der Waals surface area contributed by atoms with Crippen LogP contribution in [0.1, 0.15) is 27.2 Å². The predicted molar refractivity (Wildman–Crippen MR) is 64.4 cm³/mol. The molecule has 84 valence electrons. The molecule has 0 fully saturated rings. The van der Waals surface area contributed by atoms with Crippen molar-refractivity contribution in [2.24, 2.45) is 5.92 Å². The molecule has 0 saturated heterocycles. The molecule has 0 aromatic carbocycles. The van der Waals surface area contributed by atoms with Crippen LogP contribution in [-0.2, 0) is 0 Å². The summed E-state index contributed by atoms with van der Waals surface area (Å²) in [5.41, 5.74) is 0. The van der Waals surface area contributed by atoms with E-state index in [2.05, 4.69) is 40.1 Å². The van der Waals surface area contributed by atoms with Gasteiger partial charge in [-0.1, -0.05) is 13.8 Å². The van der Waals surface area contributed by atoms with Crippen molar-refractivity contribution >= 4 is 21.7 Å². The lowest BCUT2D eigenvalue weighted by Crippen LogP contribution is -2.19. The Morgan fingerprint density at radius 1 is 1.47 bits per heavy atom. The van der Waals surface area contributed by atoms with E-state index in [-0.39, 0.29) is 11.9 Å². The molecule has 1 N–H and O–H groups in total. The van der Waals surface area contributed by atoms with E-state index in [0.29, 0.717) is 16.2 Å². The highest BCUT2D eigenvalue weighted by atomic mass is 79.9. The Morgan fingerprint density at radius 2 is 2.13 bits per heavy atom. The molecule has 0 amide bonds. The number of hydrogen-bond donors (Lipinski definition) is 1. The van der Waals surface area contributed by atoms with Crippen molar-refractivity contribution in [1.82, 2.24) is 4.98 Å². The number of hydrogen-bond acceptors (Lipinski definition) is 2. The van der Waals surface area contributed by atoms with Crippen molar-refractivity contribution in [3.05, 3.63) is 22.6 Å². The van der Waals surface area contributed by atoms with Gasteiger partial charge in [0.15, 0.2) is 11.6 Å². The Balaban J connectivity index is 2.64. The maximum Gasteiger partial charge on any atom is 0.166 e. The second-order valence-electron chi connectivity index (χ2n) is 4.16. The predicted octanol–water partition coefficient (Wildman–Crippen LogP) is 3.83. The summed E-state index contributed by atoms with van der Waals surface area (Å²) in [5.74, 6) is 0.595. The van der Waals surface area contributed by atoms with Crippen LogP contribution < -0.4 is 5.32 Å². The molecule has 0 aliphatic carbocycles. The van der Waals surface area contributed by atoms with E-state index in [9.17, 15) is 4.39 Å². The fourth-order valence-electron chi connectivity index (χ4n) is 1.52. The Labute approximate surface area is 98.4 Å². The number of aromatic nitrogens is 1. The van der Waals surface area contributed by atoms with Crippen molar-refractivity contribution in [2.75, 3.05) is 5.32 Å². The summed E-state index contributed by atoms with van der Waals surface area (Å²) in [6.07, 6.45) is 2.59. The fourth-order valence-corrected chi connectivity index (χ4v) is 1.82. The van der Waals surface area contributed by atoms with Gasteiger partial charge >= 0.3 is 0 Å². The third-order valence-corrected chi connectivity index (χ3v) is 2.45. The standard InChI is InChI=1S/C11H16BrFN2/c1-7(2)4-8(3)15-11-10(13)5-9(12)6-14-11/h5-8H,4H2,1-3H3,(H,14,15). The fraction of sp³-hybridized carbons (Fsp3) is 0.545. The average molecular weight is 275 g/mol. The Bertz CT molecular complexity index is 328. The smallest absolute Gasteiger partial charge is 0.166 e. The Morgan fingerprint density at radius 3 is 2.67 bits per heavy atom. The van der Waals surface area contributed by atoms with E-state index in [1.807, 2.05) is 6.92 Å². The SMILES string of the molecule is CC(C)CC(C)Nc1ncc(Br)cc1F. The van der Waals surface area contributed by atoms with Gasteiger partial charge < -0.3 is 5.32 Å². The lowest BCUT2D eigenvalue weighted by molar-refractivity contribution is 0.534. The second-order valence-corrected chi connectivity index (χ2v) is 5.07. The molecule has 4 heteroatoms. The number of anilines is 1. The molecule has 1 aromatic rings. The molecule has 0 radical (unpaired) electrons. The zero-order valence-corrected chi connectivity index (χ0v) is 10.8. The molecule has 1 atom stereocenters. The van der Waals surface area contributed by atoms with Crippen LogP contribution >= 0.6 is 15.9 Å². The summed E-state index contributed by atoms with van der Waals surface area (Å²) in [7, 11) is 0. The molecular formula is C11H16BrFN2. The zero-order valence-electron chi connectivity index (χ0n) is 9.22. The van der Waals surface area contributed by atoms with Gasteiger partial charge in [0.25, 0.3) is 0 Å². The molecule has 0 saturated carbocycles. The quantitative estimate of drug-likeness (QED) is 0.903. The third-order valence-electron chi connectivity index (χ3n) is 2.02. The highest BCUT2D eigenvalue weighted by molar-refractivity contribution is 9.10. The van der Waals surface area contributed by atoms with Crippen molar-refractivity contribution in [1.29, 1.82) is 0 Å². The minimum atomic E-state index is -0.319. The van der Waals surface area contributed by atoms with Gasteiger partial charge in [-0.2, -0.15) is 0 Å². The van der Waals surface area contributed by atoms with E-state index >= 15 is 0 Å². The van der Waals surface area contributed by atoms with Gasteiger partial charge in [-0.3, -0.25) is 0 Å². The lowest BCUT2D eigenvalue weighted by Gasteiger charge is -2.16. The number of nitrogens with zero attached hydrogens (tertiary/aromatic N) is 1. The van der Waals surface area contributed by atoms with Gasteiger partial charge in [-0.15, -0.1) is 0 Å². The lowest BCUT2D eigenvalue weighted by atomic mass is 10.1. The molecule has 0 spiro atoms. The summed E-state index contributed by atoms with van der Waals surface area (Å²) in [5, 5.41) is 3.06. The van der Waals surface area contributed by atoms with Crippen LogP contribution in [0.5, 0.6) is 0 Å². The van der Waals surface area contributed by atoms with Gasteiger partial charge in [-0.25, -0.2) is 9.37 Å². The number of rotatable bonds is 4. The highest BCUT2D eigenvalue weighted by Gasteiger charge is 2.09. The molecule has 1 rings (SSSR count). The van der Waals surface area contributed by atoms with Crippen LogP contribution in [0.2, 0.25) is 0 Å². The monoisotopic (exact) mass is 274 g/mol. The van der Waals surface area contributed by atoms with Crippen LogP contribution in [0.15, 0.2) is 16.7 Å².